The van der Waals surface area contributed by atoms with Crippen LogP contribution in [0.25, 0.3) is 0 Å². The molecular formula is C15H19F2NO3. The van der Waals surface area contributed by atoms with Gasteiger partial charge in [0.25, 0.3) is 0 Å². The Hall–Kier alpha value is -1.53. The van der Waals surface area contributed by atoms with Gasteiger partial charge >= 0.3 is 0 Å². The molecule has 1 aliphatic carbocycles. The molecule has 116 valence electrons. The third-order valence-electron chi connectivity index (χ3n) is 3.69. The monoisotopic (exact) mass is 299 g/mol. The van der Waals surface area contributed by atoms with Crippen molar-refractivity contribution in [2.45, 2.75) is 18.4 Å². The van der Waals surface area contributed by atoms with E-state index in [1.165, 1.54) is 12.0 Å². The summed E-state index contributed by atoms with van der Waals surface area (Å²) in [6, 6.07) is 3.29. The van der Waals surface area contributed by atoms with Crippen molar-refractivity contribution in [1.82, 2.24) is 4.90 Å². The third kappa shape index (κ3) is 3.77. The van der Waals surface area contributed by atoms with E-state index in [0.29, 0.717) is 6.42 Å². The van der Waals surface area contributed by atoms with Crippen molar-refractivity contribution >= 4 is 5.91 Å². The molecule has 0 aromatic heterocycles. The average Bonchev–Trinajstić information content (AvgIpc) is 3.21. The number of hydrogen-bond donors (Lipinski definition) is 1. The van der Waals surface area contributed by atoms with E-state index in [9.17, 15) is 18.7 Å². The van der Waals surface area contributed by atoms with Gasteiger partial charge in [-0.25, -0.2) is 8.78 Å². The first-order valence-electron chi connectivity index (χ1n) is 6.81. The Bertz CT molecular complexity index is 524. The Labute approximate surface area is 122 Å². The fourth-order valence-corrected chi connectivity index (χ4v) is 2.54. The van der Waals surface area contributed by atoms with Gasteiger partial charge in [-0.3, -0.25) is 4.79 Å². The Kier molecular flexibility index (Phi) is 4.90. The lowest BCUT2D eigenvalue weighted by atomic mass is 10.1. The standard InChI is InChI=1S/C15H19F2NO3/c1-18(7-10(19)8-21-2)15(20)13-6-11(13)12-5-9(16)3-4-14(12)17/h3-5,10-11,13,19H,6-8H2,1-2H3. The highest BCUT2D eigenvalue weighted by Crippen LogP contribution is 2.49. The number of likely N-dealkylation sites (N-methyl/N-ethyl adjacent to an activating group) is 1. The minimum atomic E-state index is -0.757. The summed E-state index contributed by atoms with van der Waals surface area (Å²) in [6.45, 7) is 0.297. The van der Waals surface area contributed by atoms with Crippen LogP contribution in [0.4, 0.5) is 8.78 Å². The summed E-state index contributed by atoms with van der Waals surface area (Å²) in [5.74, 6) is -1.79. The predicted molar refractivity (Wildman–Crippen MR) is 72.7 cm³/mol. The van der Waals surface area contributed by atoms with Gasteiger partial charge in [0, 0.05) is 26.6 Å². The topological polar surface area (TPSA) is 49.8 Å². The summed E-state index contributed by atoms with van der Waals surface area (Å²) in [4.78, 5) is 13.6. The van der Waals surface area contributed by atoms with E-state index in [0.717, 1.165) is 18.2 Å². The largest absolute Gasteiger partial charge is 0.389 e. The summed E-state index contributed by atoms with van der Waals surface area (Å²) >= 11 is 0. The molecule has 3 atom stereocenters. The average molecular weight is 299 g/mol. The van der Waals surface area contributed by atoms with E-state index in [1.54, 1.807) is 7.05 Å². The number of ether oxygens (including phenoxy) is 1. The van der Waals surface area contributed by atoms with Crippen molar-refractivity contribution in [1.29, 1.82) is 0 Å². The summed E-state index contributed by atoms with van der Waals surface area (Å²) in [5, 5.41) is 9.61. The molecule has 1 aromatic carbocycles. The van der Waals surface area contributed by atoms with E-state index in [-0.39, 0.29) is 36.5 Å². The summed E-state index contributed by atoms with van der Waals surface area (Å²) in [7, 11) is 3.05. The van der Waals surface area contributed by atoms with Gasteiger partial charge in [-0.15, -0.1) is 0 Å². The van der Waals surface area contributed by atoms with E-state index in [4.69, 9.17) is 4.74 Å². The first-order chi connectivity index (χ1) is 9.93. The van der Waals surface area contributed by atoms with Gasteiger partial charge in [-0.05, 0) is 36.1 Å². The van der Waals surface area contributed by atoms with Crippen molar-refractivity contribution in [3.8, 4) is 0 Å². The predicted octanol–water partition coefficient (Wildman–Crippen LogP) is 1.53. The molecule has 0 heterocycles. The Balaban J connectivity index is 1.96. The molecule has 6 heteroatoms. The maximum atomic E-state index is 13.7. The summed E-state index contributed by atoms with van der Waals surface area (Å²) in [6.07, 6.45) is -0.253. The van der Waals surface area contributed by atoms with Gasteiger partial charge in [0.2, 0.25) is 5.91 Å². The normalized spacial score (nSPS) is 22.0. The molecule has 1 saturated carbocycles. The molecule has 1 N–H and O–H groups in total. The van der Waals surface area contributed by atoms with Crippen LogP contribution < -0.4 is 0 Å². The Morgan fingerprint density at radius 2 is 2.24 bits per heavy atom. The molecule has 21 heavy (non-hydrogen) atoms. The molecule has 2 rings (SSSR count). The smallest absolute Gasteiger partial charge is 0.226 e. The molecule has 3 unspecified atom stereocenters. The summed E-state index contributed by atoms with van der Waals surface area (Å²) in [5.41, 5.74) is 0.249. The molecule has 4 nitrogen and oxygen atoms in total. The quantitative estimate of drug-likeness (QED) is 0.867. The maximum absolute atomic E-state index is 13.7. The van der Waals surface area contributed by atoms with Crippen molar-refractivity contribution in [2.75, 3.05) is 27.3 Å². The highest BCUT2D eigenvalue weighted by Gasteiger charge is 2.46. The van der Waals surface area contributed by atoms with E-state index in [1.807, 2.05) is 0 Å². The van der Waals surface area contributed by atoms with E-state index >= 15 is 0 Å². The molecule has 0 bridgehead atoms. The van der Waals surface area contributed by atoms with Crippen molar-refractivity contribution in [3.63, 3.8) is 0 Å². The van der Waals surface area contributed by atoms with Crippen molar-refractivity contribution in [3.05, 3.63) is 35.4 Å². The van der Waals surface area contributed by atoms with E-state index in [2.05, 4.69) is 0 Å². The van der Waals surface area contributed by atoms with Crippen LogP contribution in [0.15, 0.2) is 18.2 Å². The van der Waals surface area contributed by atoms with Gasteiger partial charge in [-0.2, -0.15) is 0 Å². The number of nitrogens with zero attached hydrogens (tertiary/aromatic N) is 1. The number of halogens is 2. The van der Waals surface area contributed by atoms with Crippen LogP contribution in [0.2, 0.25) is 0 Å². The number of hydrogen-bond acceptors (Lipinski definition) is 3. The zero-order chi connectivity index (χ0) is 15.6. The lowest BCUT2D eigenvalue weighted by Gasteiger charge is -2.20. The van der Waals surface area contributed by atoms with Gasteiger partial charge in [-0.1, -0.05) is 0 Å². The number of aliphatic hydroxyl groups is 1. The highest BCUT2D eigenvalue weighted by molar-refractivity contribution is 5.82. The number of aliphatic hydroxyl groups excluding tert-OH is 1. The highest BCUT2D eigenvalue weighted by atomic mass is 19.1. The van der Waals surface area contributed by atoms with Crippen molar-refractivity contribution in [2.24, 2.45) is 5.92 Å². The van der Waals surface area contributed by atoms with Crippen LogP contribution in [0.3, 0.4) is 0 Å². The lowest BCUT2D eigenvalue weighted by Crippen LogP contribution is -2.37. The van der Waals surface area contributed by atoms with Crippen LogP contribution in [0.5, 0.6) is 0 Å². The van der Waals surface area contributed by atoms with E-state index < -0.39 is 17.7 Å². The molecule has 0 spiro atoms. The minimum absolute atomic E-state index is 0.143. The van der Waals surface area contributed by atoms with Gasteiger partial charge in [0.15, 0.2) is 0 Å². The molecule has 0 radical (unpaired) electrons. The fourth-order valence-electron chi connectivity index (χ4n) is 2.54. The SMILES string of the molecule is COCC(O)CN(C)C(=O)C1CC1c1cc(F)ccc1F. The number of methoxy groups -OCH3 is 1. The number of carbonyl (C=O) groups is 1. The molecule has 1 amide bonds. The third-order valence-corrected chi connectivity index (χ3v) is 3.69. The van der Waals surface area contributed by atoms with Gasteiger partial charge < -0.3 is 14.7 Å². The number of rotatable bonds is 6. The van der Waals surface area contributed by atoms with Crippen molar-refractivity contribution < 1.29 is 23.4 Å². The Morgan fingerprint density at radius 1 is 1.52 bits per heavy atom. The molecule has 0 saturated heterocycles. The summed E-state index contributed by atoms with van der Waals surface area (Å²) < 4.78 is 31.6. The molecule has 1 aliphatic rings. The minimum Gasteiger partial charge on any atom is -0.389 e. The maximum Gasteiger partial charge on any atom is 0.226 e. The van der Waals surface area contributed by atoms with Crippen LogP contribution in [-0.4, -0.2) is 49.3 Å². The lowest BCUT2D eigenvalue weighted by molar-refractivity contribution is -0.133. The fraction of sp³-hybridized carbons (Fsp3) is 0.533. The second kappa shape index (κ2) is 6.49. The van der Waals surface area contributed by atoms with Gasteiger partial charge in [0.05, 0.1) is 12.7 Å². The molecule has 1 aromatic rings. The molecular weight excluding hydrogens is 280 g/mol. The second-order valence-electron chi connectivity index (χ2n) is 5.44. The van der Waals surface area contributed by atoms with Crippen LogP contribution >= 0.6 is 0 Å². The van der Waals surface area contributed by atoms with Crippen LogP contribution in [0.1, 0.15) is 17.9 Å². The zero-order valence-corrected chi connectivity index (χ0v) is 12.1. The first kappa shape index (κ1) is 15.9. The van der Waals surface area contributed by atoms with Gasteiger partial charge in [0.1, 0.15) is 11.6 Å². The Morgan fingerprint density at radius 3 is 2.90 bits per heavy atom. The number of amides is 1. The molecule has 0 aliphatic heterocycles. The van der Waals surface area contributed by atoms with Crippen LogP contribution in [-0.2, 0) is 9.53 Å². The first-order valence-corrected chi connectivity index (χ1v) is 6.81. The van der Waals surface area contributed by atoms with Crippen LogP contribution in [0, 0.1) is 17.6 Å². The number of carbonyl (C=O) groups excluding carboxylic acids is 1. The second-order valence-corrected chi connectivity index (χ2v) is 5.44. The zero-order valence-electron chi connectivity index (χ0n) is 12.1. The molecule has 1 fully saturated rings. The number of benzene rings is 1.